The minimum Gasteiger partial charge on any atom is -0.481 e. The summed E-state index contributed by atoms with van der Waals surface area (Å²) in [6, 6.07) is 0. The van der Waals surface area contributed by atoms with Crippen molar-refractivity contribution in [2.45, 2.75) is 31.8 Å². The van der Waals surface area contributed by atoms with Gasteiger partial charge in [0.05, 0.1) is 18.1 Å². The van der Waals surface area contributed by atoms with Gasteiger partial charge in [-0.15, -0.1) is 0 Å². The molecule has 0 aliphatic carbocycles. The van der Waals surface area contributed by atoms with Crippen LogP contribution in [0.4, 0.5) is 0 Å². The zero-order chi connectivity index (χ0) is 10.0. The molecule has 2 unspecified atom stereocenters. The topological polar surface area (TPSA) is 55.8 Å². The van der Waals surface area contributed by atoms with Crippen LogP contribution in [0.1, 0.15) is 25.7 Å². The van der Waals surface area contributed by atoms with Crippen molar-refractivity contribution in [1.29, 1.82) is 0 Å². The Labute approximate surface area is 83.2 Å². The van der Waals surface area contributed by atoms with Crippen molar-refractivity contribution in [1.82, 2.24) is 0 Å². The van der Waals surface area contributed by atoms with Gasteiger partial charge in [0.25, 0.3) is 0 Å². The van der Waals surface area contributed by atoms with Gasteiger partial charge in [0.1, 0.15) is 0 Å². The highest BCUT2D eigenvalue weighted by atomic mass is 16.5. The number of rotatable bonds is 3. The van der Waals surface area contributed by atoms with Gasteiger partial charge >= 0.3 is 5.97 Å². The smallest absolute Gasteiger partial charge is 0.312 e. The molecule has 0 saturated carbocycles. The van der Waals surface area contributed by atoms with Crippen molar-refractivity contribution in [3.8, 4) is 0 Å². The predicted octanol–water partition coefficient (Wildman–Crippen LogP) is 1.05. The zero-order valence-corrected chi connectivity index (χ0v) is 8.20. The van der Waals surface area contributed by atoms with Gasteiger partial charge in [0, 0.05) is 13.2 Å². The summed E-state index contributed by atoms with van der Waals surface area (Å²) in [5.41, 5.74) is -0.672. The van der Waals surface area contributed by atoms with Gasteiger partial charge < -0.3 is 14.6 Å². The van der Waals surface area contributed by atoms with E-state index in [2.05, 4.69) is 0 Å². The first-order valence-electron chi connectivity index (χ1n) is 5.16. The fraction of sp³-hybridized carbons (Fsp3) is 0.900. The number of hydrogen-bond acceptors (Lipinski definition) is 3. The second kappa shape index (κ2) is 3.87. The summed E-state index contributed by atoms with van der Waals surface area (Å²) in [4.78, 5) is 11.2. The fourth-order valence-electron chi connectivity index (χ4n) is 2.27. The molecule has 80 valence electrons. The van der Waals surface area contributed by atoms with E-state index >= 15 is 0 Å². The van der Waals surface area contributed by atoms with Gasteiger partial charge in [-0.25, -0.2) is 0 Å². The summed E-state index contributed by atoms with van der Waals surface area (Å²) >= 11 is 0. The van der Waals surface area contributed by atoms with E-state index in [4.69, 9.17) is 9.47 Å². The molecule has 2 heterocycles. The summed E-state index contributed by atoms with van der Waals surface area (Å²) in [5.74, 6) is -0.731. The van der Waals surface area contributed by atoms with Crippen LogP contribution in [0, 0.1) is 5.41 Å². The van der Waals surface area contributed by atoms with Crippen LogP contribution in [0.2, 0.25) is 0 Å². The average molecular weight is 200 g/mol. The summed E-state index contributed by atoms with van der Waals surface area (Å²) < 4.78 is 10.7. The van der Waals surface area contributed by atoms with Crippen molar-refractivity contribution < 1.29 is 19.4 Å². The van der Waals surface area contributed by atoms with E-state index in [1.165, 1.54) is 0 Å². The molecule has 2 saturated heterocycles. The minimum absolute atomic E-state index is 0.132. The Morgan fingerprint density at radius 2 is 2.36 bits per heavy atom. The Morgan fingerprint density at radius 1 is 1.50 bits per heavy atom. The molecule has 2 aliphatic rings. The van der Waals surface area contributed by atoms with Crippen LogP contribution in [-0.2, 0) is 14.3 Å². The van der Waals surface area contributed by atoms with Crippen molar-refractivity contribution in [3.05, 3.63) is 0 Å². The molecular weight excluding hydrogens is 184 g/mol. The number of carboxylic acids is 1. The fourth-order valence-corrected chi connectivity index (χ4v) is 2.27. The SMILES string of the molecule is O=C(O)C1(CC2CCCO2)CCOC1. The van der Waals surface area contributed by atoms with E-state index in [0.29, 0.717) is 26.1 Å². The van der Waals surface area contributed by atoms with E-state index in [1.54, 1.807) is 0 Å². The summed E-state index contributed by atoms with van der Waals surface area (Å²) in [6.45, 7) is 1.70. The Balaban J connectivity index is 1.99. The standard InChI is InChI=1S/C10H16O4/c11-9(12)10(3-5-13-7-10)6-8-2-1-4-14-8/h8H,1-7H2,(H,11,12). The lowest BCUT2D eigenvalue weighted by Crippen LogP contribution is -2.35. The monoisotopic (exact) mass is 200 g/mol. The van der Waals surface area contributed by atoms with Crippen LogP contribution >= 0.6 is 0 Å². The number of hydrogen-bond donors (Lipinski definition) is 1. The Hall–Kier alpha value is -0.610. The molecule has 14 heavy (non-hydrogen) atoms. The molecule has 0 radical (unpaired) electrons. The van der Waals surface area contributed by atoms with Crippen LogP contribution in [-0.4, -0.2) is 37.0 Å². The maximum Gasteiger partial charge on any atom is 0.312 e. The molecule has 0 amide bonds. The molecule has 4 nitrogen and oxygen atoms in total. The van der Waals surface area contributed by atoms with E-state index < -0.39 is 11.4 Å². The first-order chi connectivity index (χ1) is 6.73. The van der Waals surface area contributed by atoms with E-state index in [9.17, 15) is 9.90 Å². The third kappa shape index (κ3) is 1.77. The number of ether oxygens (including phenoxy) is 2. The zero-order valence-electron chi connectivity index (χ0n) is 8.20. The van der Waals surface area contributed by atoms with E-state index in [-0.39, 0.29) is 6.10 Å². The Bertz CT molecular complexity index is 214. The lowest BCUT2D eigenvalue weighted by atomic mass is 9.81. The van der Waals surface area contributed by atoms with Gasteiger partial charge in [-0.2, -0.15) is 0 Å². The third-order valence-electron chi connectivity index (χ3n) is 3.20. The van der Waals surface area contributed by atoms with Crippen molar-refractivity contribution >= 4 is 5.97 Å². The largest absolute Gasteiger partial charge is 0.481 e. The lowest BCUT2D eigenvalue weighted by molar-refractivity contribution is -0.151. The maximum absolute atomic E-state index is 11.2. The van der Waals surface area contributed by atoms with E-state index in [0.717, 1.165) is 19.4 Å². The van der Waals surface area contributed by atoms with Gasteiger partial charge in [-0.05, 0) is 25.7 Å². The van der Waals surface area contributed by atoms with Gasteiger partial charge in [0.15, 0.2) is 0 Å². The molecule has 1 N–H and O–H groups in total. The average Bonchev–Trinajstić information content (AvgIpc) is 2.76. The molecular formula is C10H16O4. The number of carbonyl (C=O) groups is 1. The highest BCUT2D eigenvalue weighted by molar-refractivity contribution is 5.75. The molecule has 4 heteroatoms. The van der Waals surface area contributed by atoms with Gasteiger partial charge in [-0.3, -0.25) is 4.79 Å². The molecule has 2 fully saturated rings. The summed E-state index contributed by atoms with van der Waals surface area (Å²) in [7, 11) is 0. The Kier molecular flexibility index (Phi) is 2.74. The third-order valence-corrected chi connectivity index (χ3v) is 3.20. The second-order valence-electron chi connectivity index (χ2n) is 4.23. The number of carboxylic acid groups (broad SMARTS) is 1. The van der Waals surface area contributed by atoms with Crippen molar-refractivity contribution in [2.75, 3.05) is 19.8 Å². The lowest BCUT2D eigenvalue weighted by Gasteiger charge is -2.24. The minimum atomic E-state index is -0.731. The van der Waals surface area contributed by atoms with Crippen LogP contribution in [0.3, 0.4) is 0 Å². The van der Waals surface area contributed by atoms with Crippen LogP contribution in [0.5, 0.6) is 0 Å². The van der Waals surface area contributed by atoms with Crippen molar-refractivity contribution in [2.24, 2.45) is 5.41 Å². The van der Waals surface area contributed by atoms with Gasteiger partial charge in [-0.1, -0.05) is 0 Å². The van der Waals surface area contributed by atoms with Crippen molar-refractivity contribution in [3.63, 3.8) is 0 Å². The molecule has 2 rings (SSSR count). The Morgan fingerprint density at radius 3 is 2.86 bits per heavy atom. The summed E-state index contributed by atoms with van der Waals surface area (Å²) in [6.07, 6.45) is 3.42. The van der Waals surface area contributed by atoms with Gasteiger partial charge in [0.2, 0.25) is 0 Å². The van der Waals surface area contributed by atoms with Crippen LogP contribution < -0.4 is 0 Å². The maximum atomic E-state index is 11.2. The van der Waals surface area contributed by atoms with E-state index in [1.807, 2.05) is 0 Å². The molecule has 0 spiro atoms. The first kappa shape index (κ1) is 9.93. The van der Waals surface area contributed by atoms with Crippen LogP contribution in [0.25, 0.3) is 0 Å². The molecule has 2 atom stereocenters. The molecule has 2 aliphatic heterocycles. The highest BCUT2D eigenvalue weighted by Gasteiger charge is 2.44. The quantitative estimate of drug-likeness (QED) is 0.739. The second-order valence-corrected chi connectivity index (χ2v) is 4.23. The predicted molar refractivity (Wildman–Crippen MR) is 49.1 cm³/mol. The highest BCUT2D eigenvalue weighted by Crippen LogP contribution is 2.36. The normalized spacial score (nSPS) is 37.6. The summed E-state index contributed by atoms with van der Waals surface area (Å²) in [5, 5.41) is 9.19. The molecule has 0 aromatic rings. The van der Waals surface area contributed by atoms with Crippen LogP contribution in [0.15, 0.2) is 0 Å². The molecule has 0 aromatic heterocycles. The number of aliphatic carboxylic acids is 1. The molecule has 0 bridgehead atoms. The first-order valence-corrected chi connectivity index (χ1v) is 5.16. The molecule has 0 aromatic carbocycles.